The van der Waals surface area contributed by atoms with E-state index in [1.54, 1.807) is 6.07 Å². The average molecular weight is 339 g/mol. The summed E-state index contributed by atoms with van der Waals surface area (Å²) in [5.74, 6) is 2.43. The van der Waals surface area contributed by atoms with Crippen LogP contribution in [-0.4, -0.2) is 5.11 Å². The molecule has 1 fully saturated rings. The number of rotatable bonds is 4. The zero-order chi connectivity index (χ0) is 14.3. The molecule has 2 aromatic rings. The molecule has 2 nitrogen and oxygen atoms in total. The van der Waals surface area contributed by atoms with Crippen LogP contribution in [-0.2, 0) is 6.42 Å². The van der Waals surface area contributed by atoms with Crippen molar-refractivity contribution < 1.29 is 13.9 Å². The van der Waals surface area contributed by atoms with Gasteiger partial charge in [0.25, 0.3) is 0 Å². The molecular weight excluding hydrogens is 323 g/mol. The predicted octanol–water partition coefficient (Wildman–Crippen LogP) is 4.58. The van der Waals surface area contributed by atoms with E-state index in [-0.39, 0.29) is 5.82 Å². The molecular formula is C16H16BrFO2. The monoisotopic (exact) mass is 338 g/mol. The Labute approximate surface area is 125 Å². The van der Waals surface area contributed by atoms with E-state index in [9.17, 15) is 9.50 Å². The third-order valence-corrected chi connectivity index (χ3v) is 4.62. The van der Waals surface area contributed by atoms with Crippen molar-refractivity contribution >= 4 is 15.9 Å². The molecule has 0 radical (unpaired) electrons. The van der Waals surface area contributed by atoms with E-state index in [0.717, 1.165) is 17.7 Å². The van der Waals surface area contributed by atoms with E-state index in [1.165, 1.54) is 12.1 Å². The van der Waals surface area contributed by atoms with E-state index in [4.69, 9.17) is 4.42 Å². The van der Waals surface area contributed by atoms with Gasteiger partial charge in [-0.05, 0) is 42.2 Å². The lowest BCUT2D eigenvalue weighted by Crippen LogP contribution is -2.01. The smallest absolute Gasteiger partial charge is 0.133 e. The van der Waals surface area contributed by atoms with Gasteiger partial charge in [0.1, 0.15) is 23.4 Å². The Morgan fingerprint density at radius 1 is 1.40 bits per heavy atom. The molecule has 1 aliphatic rings. The van der Waals surface area contributed by atoms with E-state index >= 15 is 0 Å². The van der Waals surface area contributed by atoms with Gasteiger partial charge in [0.15, 0.2) is 0 Å². The first-order valence-corrected chi connectivity index (χ1v) is 7.55. The molecule has 3 atom stereocenters. The molecule has 106 valence electrons. The second-order valence-electron chi connectivity index (χ2n) is 5.52. The summed E-state index contributed by atoms with van der Waals surface area (Å²) in [6, 6.07) is 8.26. The minimum Gasteiger partial charge on any atom is -0.463 e. The highest BCUT2D eigenvalue weighted by atomic mass is 79.9. The van der Waals surface area contributed by atoms with E-state index in [0.29, 0.717) is 28.5 Å². The Hall–Kier alpha value is -1.13. The van der Waals surface area contributed by atoms with Crippen LogP contribution < -0.4 is 0 Å². The van der Waals surface area contributed by atoms with Gasteiger partial charge in [-0.15, -0.1) is 0 Å². The van der Waals surface area contributed by atoms with E-state index in [1.807, 2.05) is 12.1 Å². The Kier molecular flexibility index (Phi) is 3.69. The number of hydrogen-bond acceptors (Lipinski definition) is 2. The number of aliphatic hydroxyl groups excluding tert-OH is 1. The number of furan rings is 1. The van der Waals surface area contributed by atoms with Crippen molar-refractivity contribution in [3.8, 4) is 0 Å². The highest BCUT2D eigenvalue weighted by molar-refractivity contribution is 9.10. The molecule has 1 N–H and O–H groups in total. The normalized spacial score (nSPS) is 22.8. The second kappa shape index (κ2) is 5.34. The topological polar surface area (TPSA) is 33.4 Å². The van der Waals surface area contributed by atoms with Crippen LogP contribution >= 0.6 is 15.9 Å². The standard InChI is InChI=1S/C16H16BrFO2/c1-9-6-12(9)15-4-5-16(20-15)14(19)7-10-2-3-11(18)8-13(10)17/h2-5,8-9,12,14,19H,6-7H2,1H3. The van der Waals surface area contributed by atoms with E-state index in [2.05, 4.69) is 22.9 Å². The molecule has 0 spiro atoms. The summed E-state index contributed by atoms with van der Waals surface area (Å²) in [7, 11) is 0. The van der Waals surface area contributed by atoms with Crippen LogP contribution in [0.5, 0.6) is 0 Å². The molecule has 1 saturated carbocycles. The Bertz CT molecular complexity index is 623. The Morgan fingerprint density at radius 3 is 2.80 bits per heavy atom. The molecule has 4 heteroatoms. The summed E-state index contributed by atoms with van der Waals surface area (Å²) in [6.45, 7) is 2.19. The van der Waals surface area contributed by atoms with Crippen molar-refractivity contribution in [2.45, 2.75) is 31.8 Å². The predicted molar refractivity (Wildman–Crippen MR) is 78.0 cm³/mol. The molecule has 3 unspecified atom stereocenters. The highest BCUT2D eigenvalue weighted by Gasteiger charge is 2.36. The van der Waals surface area contributed by atoms with Gasteiger partial charge in [0, 0.05) is 16.8 Å². The van der Waals surface area contributed by atoms with Crippen LogP contribution in [0.2, 0.25) is 0 Å². The number of hydrogen-bond donors (Lipinski definition) is 1. The maximum atomic E-state index is 13.0. The third kappa shape index (κ3) is 2.81. The number of halogens is 2. The van der Waals surface area contributed by atoms with Crippen molar-refractivity contribution in [1.82, 2.24) is 0 Å². The van der Waals surface area contributed by atoms with Crippen molar-refractivity contribution in [2.24, 2.45) is 5.92 Å². The fraction of sp³-hybridized carbons (Fsp3) is 0.375. The first-order valence-electron chi connectivity index (χ1n) is 6.76. The molecule has 0 aliphatic heterocycles. The summed E-state index contributed by atoms with van der Waals surface area (Å²) in [5, 5.41) is 10.2. The molecule has 1 aliphatic carbocycles. The summed E-state index contributed by atoms with van der Waals surface area (Å²) < 4.78 is 19.4. The quantitative estimate of drug-likeness (QED) is 0.884. The molecule has 3 rings (SSSR count). The molecule has 20 heavy (non-hydrogen) atoms. The Balaban J connectivity index is 1.72. The van der Waals surface area contributed by atoms with Crippen molar-refractivity contribution in [2.75, 3.05) is 0 Å². The van der Waals surface area contributed by atoms with Crippen LogP contribution in [0.4, 0.5) is 4.39 Å². The molecule has 1 aromatic carbocycles. The third-order valence-electron chi connectivity index (χ3n) is 3.88. The van der Waals surface area contributed by atoms with Crippen LogP contribution in [0.25, 0.3) is 0 Å². The minimum atomic E-state index is -0.709. The zero-order valence-electron chi connectivity index (χ0n) is 11.1. The lowest BCUT2D eigenvalue weighted by molar-refractivity contribution is 0.148. The highest BCUT2D eigenvalue weighted by Crippen LogP contribution is 2.47. The van der Waals surface area contributed by atoms with Gasteiger partial charge in [-0.25, -0.2) is 4.39 Å². The largest absolute Gasteiger partial charge is 0.463 e. The fourth-order valence-electron chi connectivity index (χ4n) is 2.46. The van der Waals surface area contributed by atoms with Crippen LogP contribution in [0, 0.1) is 11.7 Å². The second-order valence-corrected chi connectivity index (χ2v) is 6.37. The maximum absolute atomic E-state index is 13.0. The lowest BCUT2D eigenvalue weighted by Gasteiger charge is -2.09. The SMILES string of the molecule is CC1CC1c1ccc(C(O)Cc2ccc(F)cc2Br)o1. The van der Waals surface area contributed by atoms with Crippen LogP contribution in [0.3, 0.4) is 0 Å². The lowest BCUT2D eigenvalue weighted by atomic mass is 10.1. The first kappa shape index (κ1) is 13.8. The van der Waals surface area contributed by atoms with E-state index < -0.39 is 6.10 Å². The average Bonchev–Trinajstić information content (AvgIpc) is 2.94. The number of aliphatic hydroxyl groups is 1. The molecule has 1 heterocycles. The van der Waals surface area contributed by atoms with Gasteiger partial charge in [-0.3, -0.25) is 0 Å². The molecule has 0 bridgehead atoms. The van der Waals surface area contributed by atoms with Gasteiger partial charge >= 0.3 is 0 Å². The summed E-state index contributed by atoms with van der Waals surface area (Å²) in [6.07, 6.45) is 0.847. The van der Waals surface area contributed by atoms with Gasteiger partial charge in [-0.2, -0.15) is 0 Å². The maximum Gasteiger partial charge on any atom is 0.133 e. The zero-order valence-corrected chi connectivity index (χ0v) is 12.7. The van der Waals surface area contributed by atoms with Crippen LogP contribution in [0.1, 0.15) is 42.5 Å². The first-order chi connectivity index (χ1) is 9.54. The molecule has 0 saturated heterocycles. The number of benzene rings is 1. The van der Waals surface area contributed by atoms with Gasteiger partial charge < -0.3 is 9.52 Å². The van der Waals surface area contributed by atoms with Crippen molar-refractivity contribution in [1.29, 1.82) is 0 Å². The summed E-state index contributed by atoms with van der Waals surface area (Å²) >= 11 is 3.31. The summed E-state index contributed by atoms with van der Waals surface area (Å²) in [4.78, 5) is 0. The van der Waals surface area contributed by atoms with Crippen molar-refractivity contribution in [3.05, 3.63) is 57.7 Å². The molecule has 1 aromatic heterocycles. The Morgan fingerprint density at radius 2 is 2.15 bits per heavy atom. The van der Waals surface area contributed by atoms with Crippen LogP contribution in [0.15, 0.2) is 39.2 Å². The molecule has 0 amide bonds. The van der Waals surface area contributed by atoms with Gasteiger partial charge in [-0.1, -0.05) is 28.9 Å². The minimum absolute atomic E-state index is 0.293. The summed E-state index contributed by atoms with van der Waals surface area (Å²) in [5.41, 5.74) is 0.858. The van der Waals surface area contributed by atoms with Gasteiger partial charge in [0.2, 0.25) is 0 Å². The van der Waals surface area contributed by atoms with Crippen molar-refractivity contribution in [3.63, 3.8) is 0 Å². The van der Waals surface area contributed by atoms with Gasteiger partial charge in [0.05, 0.1) is 0 Å². The fourth-order valence-corrected chi connectivity index (χ4v) is 2.97.